The van der Waals surface area contributed by atoms with Crippen molar-refractivity contribution in [2.45, 2.75) is 33.0 Å². The fourth-order valence-electron chi connectivity index (χ4n) is 2.36. The molecule has 1 fully saturated rings. The highest BCUT2D eigenvalue weighted by Crippen LogP contribution is 2.09. The molecule has 6 nitrogen and oxygen atoms in total. The number of carbonyl (C=O) groups is 1. The molecule has 1 aromatic heterocycles. The zero-order chi connectivity index (χ0) is 13.8. The van der Waals surface area contributed by atoms with Crippen LogP contribution in [0.1, 0.15) is 30.1 Å². The maximum atomic E-state index is 11.8. The standard InChI is InChI=1S/C13H21N3O3/c1-9-6-12(15-19-9)13(17)14-4-5-16-7-10(2)18-11(3)8-16/h6,10-11H,4-5,7-8H2,1-3H3,(H,14,17). The molecule has 1 amide bonds. The first-order chi connectivity index (χ1) is 9.04. The maximum Gasteiger partial charge on any atom is 0.273 e. The van der Waals surface area contributed by atoms with Crippen LogP contribution in [0, 0.1) is 6.92 Å². The normalized spacial score (nSPS) is 24.4. The summed E-state index contributed by atoms with van der Waals surface area (Å²) in [7, 11) is 0. The summed E-state index contributed by atoms with van der Waals surface area (Å²) >= 11 is 0. The molecule has 0 bridgehead atoms. The van der Waals surface area contributed by atoms with Crippen LogP contribution in [0.2, 0.25) is 0 Å². The molecule has 1 aliphatic heterocycles. The van der Waals surface area contributed by atoms with Crippen LogP contribution in [0.3, 0.4) is 0 Å². The number of aromatic nitrogens is 1. The predicted molar refractivity (Wildman–Crippen MR) is 70.0 cm³/mol. The third-order valence-electron chi connectivity index (χ3n) is 3.07. The van der Waals surface area contributed by atoms with E-state index in [1.165, 1.54) is 0 Å². The van der Waals surface area contributed by atoms with Crippen LogP contribution in [0.15, 0.2) is 10.6 Å². The zero-order valence-corrected chi connectivity index (χ0v) is 11.7. The number of morpholine rings is 1. The second-order valence-electron chi connectivity index (χ2n) is 5.10. The van der Waals surface area contributed by atoms with Crippen molar-refractivity contribution in [3.05, 3.63) is 17.5 Å². The van der Waals surface area contributed by atoms with E-state index in [4.69, 9.17) is 9.26 Å². The molecule has 0 aliphatic carbocycles. The summed E-state index contributed by atoms with van der Waals surface area (Å²) in [5.74, 6) is 0.451. The lowest BCUT2D eigenvalue weighted by molar-refractivity contribution is -0.0672. The molecule has 2 rings (SSSR count). The molecule has 6 heteroatoms. The molecule has 2 heterocycles. The number of carbonyl (C=O) groups excluding carboxylic acids is 1. The van der Waals surface area contributed by atoms with E-state index in [1.807, 2.05) is 0 Å². The molecule has 0 aromatic carbocycles. The Morgan fingerprint density at radius 1 is 1.47 bits per heavy atom. The average Bonchev–Trinajstić information content (AvgIpc) is 2.74. The Balaban J connectivity index is 1.73. The summed E-state index contributed by atoms with van der Waals surface area (Å²) < 4.78 is 10.5. The van der Waals surface area contributed by atoms with Gasteiger partial charge in [-0.3, -0.25) is 9.69 Å². The molecule has 106 valence electrons. The number of hydrogen-bond acceptors (Lipinski definition) is 5. The van der Waals surface area contributed by atoms with Crippen molar-refractivity contribution in [2.75, 3.05) is 26.2 Å². The number of nitrogens with zero attached hydrogens (tertiary/aromatic N) is 2. The van der Waals surface area contributed by atoms with Gasteiger partial charge in [0, 0.05) is 32.2 Å². The van der Waals surface area contributed by atoms with Crippen molar-refractivity contribution >= 4 is 5.91 Å². The second-order valence-corrected chi connectivity index (χ2v) is 5.10. The highest BCUT2D eigenvalue weighted by Gasteiger charge is 2.21. The minimum Gasteiger partial charge on any atom is -0.373 e. The lowest BCUT2D eigenvalue weighted by atomic mass is 10.2. The van der Waals surface area contributed by atoms with Crippen molar-refractivity contribution in [3.8, 4) is 0 Å². The quantitative estimate of drug-likeness (QED) is 0.875. The van der Waals surface area contributed by atoms with Crippen LogP contribution in [0.25, 0.3) is 0 Å². The van der Waals surface area contributed by atoms with Crippen LogP contribution < -0.4 is 5.32 Å². The molecular formula is C13H21N3O3. The minimum absolute atomic E-state index is 0.189. The fraction of sp³-hybridized carbons (Fsp3) is 0.692. The molecule has 0 radical (unpaired) electrons. The molecule has 1 aromatic rings. The molecule has 1 aliphatic rings. The van der Waals surface area contributed by atoms with Crippen LogP contribution in [-0.4, -0.2) is 54.4 Å². The largest absolute Gasteiger partial charge is 0.373 e. The van der Waals surface area contributed by atoms with Gasteiger partial charge in [-0.05, 0) is 20.8 Å². The van der Waals surface area contributed by atoms with Gasteiger partial charge in [0.2, 0.25) is 0 Å². The van der Waals surface area contributed by atoms with Crippen molar-refractivity contribution in [1.82, 2.24) is 15.4 Å². The van der Waals surface area contributed by atoms with E-state index in [0.29, 0.717) is 18.0 Å². The van der Waals surface area contributed by atoms with Gasteiger partial charge in [-0.2, -0.15) is 0 Å². The fourth-order valence-corrected chi connectivity index (χ4v) is 2.36. The van der Waals surface area contributed by atoms with Gasteiger partial charge in [-0.25, -0.2) is 0 Å². The van der Waals surface area contributed by atoms with E-state index in [2.05, 4.69) is 29.2 Å². The number of hydrogen-bond donors (Lipinski definition) is 1. The Morgan fingerprint density at radius 3 is 2.74 bits per heavy atom. The molecule has 2 atom stereocenters. The third-order valence-corrected chi connectivity index (χ3v) is 3.07. The number of aryl methyl sites for hydroxylation is 1. The summed E-state index contributed by atoms with van der Waals surface area (Å²) in [6.45, 7) is 9.14. The maximum absolute atomic E-state index is 11.8. The van der Waals surface area contributed by atoms with Gasteiger partial charge in [-0.1, -0.05) is 5.16 Å². The van der Waals surface area contributed by atoms with Gasteiger partial charge in [-0.15, -0.1) is 0 Å². The smallest absolute Gasteiger partial charge is 0.273 e. The highest BCUT2D eigenvalue weighted by atomic mass is 16.5. The molecular weight excluding hydrogens is 246 g/mol. The van der Waals surface area contributed by atoms with E-state index in [0.717, 1.165) is 19.6 Å². The number of ether oxygens (including phenoxy) is 1. The van der Waals surface area contributed by atoms with E-state index >= 15 is 0 Å². The number of amides is 1. The van der Waals surface area contributed by atoms with Gasteiger partial charge in [0.15, 0.2) is 5.69 Å². The van der Waals surface area contributed by atoms with Gasteiger partial charge in [0.05, 0.1) is 12.2 Å². The summed E-state index contributed by atoms with van der Waals surface area (Å²) in [5, 5.41) is 6.53. The number of rotatable bonds is 4. The van der Waals surface area contributed by atoms with Crippen LogP contribution >= 0.6 is 0 Å². The first-order valence-electron chi connectivity index (χ1n) is 6.64. The third kappa shape index (κ3) is 4.04. The lowest BCUT2D eigenvalue weighted by Gasteiger charge is -2.35. The van der Waals surface area contributed by atoms with Crippen molar-refractivity contribution in [1.29, 1.82) is 0 Å². The first kappa shape index (κ1) is 14.0. The SMILES string of the molecule is Cc1cc(C(=O)NCCN2CC(C)OC(C)C2)no1. The van der Waals surface area contributed by atoms with Crippen LogP contribution in [0.5, 0.6) is 0 Å². The van der Waals surface area contributed by atoms with Gasteiger partial charge < -0.3 is 14.6 Å². The Kier molecular flexibility index (Phi) is 4.55. The monoisotopic (exact) mass is 267 g/mol. The molecule has 0 saturated carbocycles. The van der Waals surface area contributed by atoms with Crippen LogP contribution in [-0.2, 0) is 4.74 Å². The highest BCUT2D eigenvalue weighted by molar-refractivity contribution is 5.92. The van der Waals surface area contributed by atoms with Gasteiger partial charge in [0.1, 0.15) is 5.76 Å². The van der Waals surface area contributed by atoms with Gasteiger partial charge >= 0.3 is 0 Å². The van der Waals surface area contributed by atoms with E-state index in [1.54, 1.807) is 13.0 Å². The molecule has 19 heavy (non-hydrogen) atoms. The molecule has 1 N–H and O–H groups in total. The second kappa shape index (κ2) is 6.16. The minimum atomic E-state index is -0.189. The Bertz CT molecular complexity index is 423. The van der Waals surface area contributed by atoms with Crippen molar-refractivity contribution in [2.24, 2.45) is 0 Å². The molecule has 1 saturated heterocycles. The summed E-state index contributed by atoms with van der Waals surface area (Å²) in [6, 6.07) is 1.63. The van der Waals surface area contributed by atoms with Crippen LogP contribution in [0.4, 0.5) is 0 Å². The predicted octanol–water partition coefficient (Wildman–Crippen LogP) is 0.822. The van der Waals surface area contributed by atoms with Crippen molar-refractivity contribution < 1.29 is 14.1 Å². The van der Waals surface area contributed by atoms with E-state index < -0.39 is 0 Å². The zero-order valence-electron chi connectivity index (χ0n) is 11.7. The van der Waals surface area contributed by atoms with Crippen molar-refractivity contribution in [3.63, 3.8) is 0 Å². The van der Waals surface area contributed by atoms with E-state index in [-0.39, 0.29) is 18.1 Å². The summed E-state index contributed by atoms with van der Waals surface area (Å²) in [5.41, 5.74) is 0.334. The lowest BCUT2D eigenvalue weighted by Crippen LogP contribution is -2.47. The molecule has 2 unspecified atom stereocenters. The first-order valence-corrected chi connectivity index (χ1v) is 6.64. The van der Waals surface area contributed by atoms with E-state index in [9.17, 15) is 4.79 Å². The van der Waals surface area contributed by atoms with Gasteiger partial charge in [0.25, 0.3) is 5.91 Å². The Morgan fingerprint density at radius 2 is 2.16 bits per heavy atom. The molecule has 0 spiro atoms. The summed E-state index contributed by atoms with van der Waals surface area (Å²) in [4.78, 5) is 14.1. The average molecular weight is 267 g/mol. The topological polar surface area (TPSA) is 67.6 Å². The number of nitrogens with one attached hydrogen (secondary N) is 1. The Labute approximate surface area is 113 Å². The summed E-state index contributed by atoms with van der Waals surface area (Å²) in [6.07, 6.45) is 0.496. The Hall–Kier alpha value is -1.40.